The van der Waals surface area contributed by atoms with E-state index < -0.39 is 0 Å². The highest BCUT2D eigenvalue weighted by Crippen LogP contribution is 2.31. The number of aromatic nitrogens is 1. The Balaban J connectivity index is 0.00000306. The number of H-pyrrole nitrogens is 1. The van der Waals surface area contributed by atoms with Gasteiger partial charge >= 0.3 is 0 Å². The summed E-state index contributed by atoms with van der Waals surface area (Å²) in [5, 5.41) is 4.53. The molecule has 3 heterocycles. The first-order valence-electron chi connectivity index (χ1n) is 11.7. The van der Waals surface area contributed by atoms with E-state index in [1.807, 2.05) is 12.1 Å². The summed E-state index contributed by atoms with van der Waals surface area (Å²) in [5.74, 6) is 2.58. The number of ether oxygens (including phenoxy) is 4. The first-order chi connectivity index (χ1) is 15.7. The molecule has 1 aromatic heterocycles. The van der Waals surface area contributed by atoms with Gasteiger partial charge in [0.1, 0.15) is 17.6 Å². The van der Waals surface area contributed by atoms with Gasteiger partial charge in [0.15, 0.2) is 5.96 Å². The van der Waals surface area contributed by atoms with Gasteiger partial charge in [-0.2, -0.15) is 0 Å². The lowest BCUT2D eigenvalue weighted by Gasteiger charge is -2.37. The minimum atomic E-state index is 0. The van der Waals surface area contributed by atoms with Crippen LogP contribution in [0, 0.1) is 0 Å². The standard InChI is InChI=1S/C24H36N4O4.HI/c1-4-25-24(28-10-12-32-23(16-28)21-8-6-11-31-21)26-9-5-7-17-13-19-20(27-17)14-18(29-2)15-22(19)30-3;/h13-15,21,23,27H,4-12,16H2,1-3H3,(H,25,26);1H. The van der Waals surface area contributed by atoms with Crippen LogP contribution >= 0.6 is 24.0 Å². The highest BCUT2D eigenvalue weighted by Gasteiger charge is 2.32. The van der Waals surface area contributed by atoms with Crippen LogP contribution in [-0.4, -0.2) is 81.7 Å². The third kappa shape index (κ3) is 6.45. The predicted molar refractivity (Wildman–Crippen MR) is 141 cm³/mol. The van der Waals surface area contributed by atoms with Gasteiger partial charge < -0.3 is 34.1 Å². The molecule has 9 heteroatoms. The summed E-state index contributed by atoms with van der Waals surface area (Å²) in [7, 11) is 3.36. The normalized spacial score (nSPS) is 21.2. The van der Waals surface area contributed by atoms with Crippen molar-refractivity contribution < 1.29 is 18.9 Å². The molecule has 2 aliphatic rings. The quantitative estimate of drug-likeness (QED) is 0.218. The lowest BCUT2D eigenvalue weighted by Crippen LogP contribution is -2.53. The maximum absolute atomic E-state index is 6.00. The van der Waals surface area contributed by atoms with E-state index in [0.717, 1.165) is 93.4 Å². The number of aliphatic imine (C=N–C) groups is 1. The Kier molecular flexibility index (Phi) is 9.94. The summed E-state index contributed by atoms with van der Waals surface area (Å²) < 4.78 is 22.7. The first kappa shape index (κ1) is 25.9. The minimum absolute atomic E-state index is 0. The van der Waals surface area contributed by atoms with Crippen molar-refractivity contribution in [1.82, 2.24) is 15.2 Å². The number of benzene rings is 1. The summed E-state index contributed by atoms with van der Waals surface area (Å²) in [4.78, 5) is 10.7. The van der Waals surface area contributed by atoms with Crippen molar-refractivity contribution in [3.8, 4) is 11.5 Å². The molecular weight excluding hydrogens is 535 g/mol. The number of nitrogens with zero attached hydrogens (tertiary/aromatic N) is 2. The molecule has 2 unspecified atom stereocenters. The molecule has 0 aliphatic carbocycles. The van der Waals surface area contributed by atoms with Gasteiger partial charge in [-0.3, -0.25) is 4.99 Å². The van der Waals surface area contributed by atoms with Gasteiger partial charge in [0.05, 0.1) is 32.4 Å². The fourth-order valence-electron chi connectivity index (χ4n) is 4.53. The van der Waals surface area contributed by atoms with Crippen LogP contribution in [0.15, 0.2) is 23.2 Å². The highest BCUT2D eigenvalue weighted by atomic mass is 127. The Morgan fingerprint density at radius 1 is 1.18 bits per heavy atom. The van der Waals surface area contributed by atoms with Gasteiger partial charge in [0.25, 0.3) is 0 Å². The Bertz CT molecular complexity index is 913. The monoisotopic (exact) mass is 572 g/mol. The van der Waals surface area contributed by atoms with Crippen molar-refractivity contribution in [2.45, 2.75) is 44.8 Å². The first-order valence-corrected chi connectivity index (χ1v) is 11.7. The van der Waals surface area contributed by atoms with Crippen molar-refractivity contribution in [1.29, 1.82) is 0 Å². The van der Waals surface area contributed by atoms with Crippen LogP contribution < -0.4 is 14.8 Å². The van der Waals surface area contributed by atoms with Crippen LogP contribution in [0.25, 0.3) is 10.9 Å². The third-order valence-electron chi connectivity index (χ3n) is 6.16. The molecule has 0 spiro atoms. The minimum Gasteiger partial charge on any atom is -0.497 e. The molecule has 1 aromatic carbocycles. The van der Waals surface area contributed by atoms with Crippen molar-refractivity contribution >= 4 is 40.8 Å². The summed E-state index contributed by atoms with van der Waals surface area (Å²) in [5.41, 5.74) is 2.21. The summed E-state index contributed by atoms with van der Waals surface area (Å²) in [6.45, 7) is 6.99. The second kappa shape index (κ2) is 12.7. The molecule has 4 rings (SSSR count). The van der Waals surface area contributed by atoms with Crippen LogP contribution in [0.1, 0.15) is 31.9 Å². The number of aryl methyl sites for hydroxylation is 1. The number of guanidine groups is 1. The second-order valence-corrected chi connectivity index (χ2v) is 8.33. The Hall–Kier alpha value is -1.72. The summed E-state index contributed by atoms with van der Waals surface area (Å²) >= 11 is 0. The molecule has 2 aliphatic heterocycles. The number of morpholine rings is 1. The molecule has 2 fully saturated rings. The zero-order valence-corrected chi connectivity index (χ0v) is 22.2. The molecule has 184 valence electrons. The number of methoxy groups -OCH3 is 2. The average molecular weight is 572 g/mol. The number of nitrogens with one attached hydrogen (secondary N) is 2. The molecule has 2 atom stereocenters. The van der Waals surface area contributed by atoms with Gasteiger partial charge in [-0.25, -0.2) is 0 Å². The van der Waals surface area contributed by atoms with Gasteiger partial charge in [0, 0.05) is 56.0 Å². The van der Waals surface area contributed by atoms with Crippen LogP contribution in [0.2, 0.25) is 0 Å². The van der Waals surface area contributed by atoms with Gasteiger partial charge in [-0.15, -0.1) is 24.0 Å². The van der Waals surface area contributed by atoms with E-state index in [9.17, 15) is 0 Å². The Morgan fingerprint density at radius 2 is 2.03 bits per heavy atom. The Labute approximate surface area is 213 Å². The largest absolute Gasteiger partial charge is 0.497 e. The number of hydrogen-bond acceptors (Lipinski definition) is 5. The maximum Gasteiger partial charge on any atom is 0.194 e. The second-order valence-electron chi connectivity index (χ2n) is 8.33. The smallest absolute Gasteiger partial charge is 0.194 e. The SMILES string of the molecule is CCNC(=NCCCc1cc2c(OC)cc(OC)cc2[nH]1)N1CCOC(C2CCCO2)C1.I. The third-order valence-corrected chi connectivity index (χ3v) is 6.16. The molecule has 0 radical (unpaired) electrons. The van der Waals surface area contributed by atoms with E-state index in [1.165, 1.54) is 5.69 Å². The molecule has 2 aromatic rings. The van der Waals surface area contributed by atoms with Crippen LogP contribution in [0.5, 0.6) is 11.5 Å². The van der Waals surface area contributed by atoms with Gasteiger partial charge in [-0.05, 0) is 38.7 Å². The van der Waals surface area contributed by atoms with E-state index in [4.69, 9.17) is 23.9 Å². The fourth-order valence-corrected chi connectivity index (χ4v) is 4.53. The lowest BCUT2D eigenvalue weighted by atomic mass is 10.1. The molecule has 0 amide bonds. The number of halogens is 1. The number of fused-ring (bicyclic) bond motifs is 1. The summed E-state index contributed by atoms with van der Waals surface area (Å²) in [6, 6.07) is 6.08. The maximum atomic E-state index is 6.00. The molecule has 2 N–H and O–H groups in total. The van der Waals surface area contributed by atoms with Crippen LogP contribution in [0.4, 0.5) is 0 Å². The van der Waals surface area contributed by atoms with Crippen molar-refractivity contribution in [2.75, 3.05) is 53.6 Å². The zero-order valence-electron chi connectivity index (χ0n) is 19.9. The van der Waals surface area contributed by atoms with Crippen LogP contribution in [0.3, 0.4) is 0 Å². The van der Waals surface area contributed by atoms with Crippen molar-refractivity contribution in [3.63, 3.8) is 0 Å². The predicted octanol–water partition coefficient (Wildman–Crippen LogP) is 3.58. The summed E-state index contributed by atoms with van der Waals surface area (Å²) in [6.07, 6.45) is 4.45. The Morgan fingerprint density at radius 3 is 2.76 bits per heavy atom. The molecule has 33 heavy (non-hydrogen) atoms. The molecular formula is C24H37IN4O4. The molecule has 0 saturated carbocycles. The van der Waals surface area contributed by atoms with Crippen LogP contribution in [-0.2, 0) is 15.9 Å². The van der Waals surface area contributed by atoms with Gasteiger partial charge in [-0.1, -0.05) is 0 Å². The highest BCUT2D eigenvalue weighted by molar-refractivity contribution is 14.0. The topological polar surface area (TPSA) is 80.3 Å². The number of hydrogen-bond donors (Lipinski definition) is 2. The lowest BCUT2D eigenvalue weighted by molar-refractivity contribution is -0.0817. The van der Waals surface area contributed by atoms with E-state index in [-0.39, 0.29) is 36.2 Å². The van der Waals surface area contributed by atoms with E-state index in [0.29, 0.717) is 0 Å². The van der Waals surface area contributed by atoms with E-state index in [2.05, 4.69) is 28.2 Å². The van der Waals surface area contributed by atoms with E-state index in [1.54, 1.807) is 14.2 Å². The molecule has 2 saturated heterocycles. The number of rotatable bonds is 8. The van der Waals surface area contributed by atoms with Crippen molar-refractivity contribution in [3.05, 3.63) is 23.9 Å². The zero-order chi connectivity index (χ0) is 22.3. The molecule has 8 nitrogen and oxygen atoms in total. The number of aromatic amines is 1. The van der Waals surface area contributed by atoms with Gasteiger partial charge in [0.2, 0.25) is 0 Å². The van der Waals surface area contributed by atoms with Crippen molar-refractivity contribution in [2.24, 2.45) is 4.99 Å². The molecule has 0 bridgehead atoms. The van der Waals surface area contributed by atoms with E-state index >= 15 is 0 Å². The fraction of sp³-hybridized carbons (Fsp3) is 0.625. The average Bonchev–Trinajstić information content (AvgIpc) is 3.50.